The SMILES string of the molecule is O=C(NC1CC1)C1(NS(=O)(=O)c2cc(Oc3c(Cl)cc(-n4nc(C(F)F)c(=O)[nH]c4=O)cc3Cl)ccc2O)CCC1. The summed E-state index contributed by atoms with van der Waals surface area (Å²) in [6.45, 7) is 0. The molecule has 41 heavy (non-hydrogen) atoms. The Kier molecular flexibility index (Phi) is 7.57. The average molecular weight is 632 g/mol. The van der Waals surface area contributed by atoms with E-state index in [0.717, 1.165) is 37.1 Å². The second-order valence-corrected chi connectivity index (χ2v) is 12.1. The number of amides is 1. The molecule has 1 amide bonds. The van der Waals surface area contributed by atoms with Gasteiger partial charge in [0, 0.05) is 12.1 Å². The van der Waals surface area contributed by atoms with Gasteiger partial charge in [0.05, 0.1) is 15.7 Å². The summed E-state index contributed by atoms with van der Waals surface area (Å²) in [6, 6.07) is 5.53. The van der Waals surface area contributed by atoms with Crippen LogP contribution in [0.3, 0.4) is 0 Å². The quantitative estimate of drug-likeness (QED) is 0.279. The normalized spacial score (nSPS) is 16.3. The number of halogens is 4. The lowest BCUT2D eigenvalue weighted by molar-refractivity contribution is -0.130. The minimum absolute atomic E-state index is 0.0282. The monoisotopic (exact) mass is 631 g/mol. The van der Waals surface area contributed by atoms with Crippen molar-refractivity contribution in [2.75, 3.05) is 0 Å². The smallest absolute Gasteiger partial charge is 0.349 e. The molecule has 2 fully saturated rings. The van der Waals surface area contributed by atoms with E-state index in [-0.39, 0.29) is 33.3 Å². The number of nitrogens with one attached hydrogen (secondary N) is 3. The molecule has 5 rings (SSSR count). The van der Waals surface area contributed by atoms with Crippen molar-refractivity contribution in [2.45, 2.75) is 55.0 Å². The Balaban J connectivity index is 1.43. The van der Waals surface area contributed by atoms with E-state index in [0.29, 0.717) is 23.9 Å². The summed E-state index contributed by atoms with van der Waals surface area (Å²) in [7, 11) is -4.41. The van der Waals surface area contributed by atoms with Gasteiger partial charge in [-0.3, -0.25) is 14.6 Å². The minimum Gasteiger partial charge on any atom is -0.507 e. The second kappa shape index (κ2) is 10.7. The summed E-state index contributed by atoms with van der Waals surface area (Å²) in [6.07, 6.45) is -0.366. The molecule has 1 heterocycles. The molecule has 12 nitrogen and oxygen atoms in total. The van der Waals surface area contributed by atoms with Crippen LogP contribution in [0.25, 0.3) is 5.69 Å². The van der Waals surface area contributed by atoms with E-state index in [1.165, 1.54) is 6.07 Å². The number of hydrogen-bond acceptors (Lipinski definition) is 8. The lowest BCUT2D eigenvalue weighted by atomic mass is 9.77. The van der Waals surface area contributed by atoms with Gasteiger partial charge in [-0.1, -0.05) is 23.2 Å². The molecule has 1 aromatic heterocycles. The van der Waals surface area contributed by atoms with Gasteiger partial charge in [0.15, 0.2) is 11.4 Å². The number of alkyl halides is 2. The van der Waals surface area contributed by atoms with Crippen molar-refractivity contribution in [2.24, 2.45) is 0 Å². The third-order valence-corrected chi connectivity index (χ3v) is 8.74. The first kappa shape index (κ1) is 29.0. The highest BCUT2D eigenvalue weighted by atomic mass is 35.5. The van der Waals surface area contributed by atoms with Crippen molar-refractivity contribution >= 4 is 39.1 Å². The minimum atomic E-state index is -4.41. The largest absolute Gasteiger partial charge is 0.507 e. The fourth-order valence-electron chi connectivity index (χ4n) is 4.16. The van der Waals surface area contributed by atoms with Crippen LogP contribution in [-0.4, -0.2) is 45.8 Å². The van der Waals surface area contributed by atoms with Crippen molar-refractivity contribution in [3.05, 3.63) is 66.9 Å². The molecular formula is C24H21Cl2F2N5O7S. The zero-order valence-electron chi connectivity index (χ0n) is 20.8. The number of benzene rings is 2. The number of ether oxygens (including phenoxy) is 1. The number of phenolic OH excluding ortho intramolecular Hbond substituents is 1. The van der Waals surface area contributed by atoms with E-state index in [9.17, 15) is 36.7 Å². The predicted octanol–water partition coefficient (Wildman–Crippen LogP) is 3.14. The fourth-order valence-corrected chi connectivity index (χ4v) is 6.25. The molecule has 0 aliphatic heterocycles. The maximum Gasteiger partial charge on any atom is 0.349 e. The van der Waals surface area contributed by atoms with Crippen LogP contribution in [0.4, 0.5) is 8.78 Å². The first-order valence-corrected chi connectivity index (χ1v) is 14.4. The number of aromatic amines is 1. The molecule has 2 saturated carbocycles. The van der Waals surface area contributed by atoms with Crippen LogP contribution >= 0.6 is 23.2 Å². The molecule has 0 radical (unpaired) electrons. The summed E-state index contributed by atoms with van der Waals surface area (Å²) >= 11 is 12.6. The molecule has 2 aliphatic carbocycles. The number of hydrogen-bond donors (Lipinski definition) is 4. The molecular weight excluding hydrogens is 611 g/mol. The highest BCUT2D eigenvalue weighted by molar-refractivity contribution is 7.89. The van der Waals surface area contributed by atoms with Gasteiger partial charge >= 0.3 is 5.69 Å². The number of nitrogens with zero attached hydrogens (tertiary/aromatic N) is 2. The number of aromatic hydroxyl groups is 1. The van der Waals surface area contributed by atoms with E-state index in [1.807, 2.05) is 0 Å². The molecule has 0 unspecified atom stereocenters. The first-order chi connectivity index (χ1) is 19.3. The maximum atomic E-state index is 13.3. The van der Waals surface area contributed by atoms with Gasteiger partial charge < -0.3 is 15.2 Å². The third-order valence-electron chi connectivity index (χ3n) is 6.61. The molecule has 2 aromatic carbocycles. The average Bonchev–Trinajstić information content (AvgIpc) is 3.68. The Labute approximate surface area is 240 Å². The molecule has 218 valence electrons. The lowest BCUT2D eigenvalue weighted by Crippen LogP contribution is -2.62. The third kappa shape index (κ3) is 5.80. The van der Waals surface area contributed by atoms with E-state index >= 15 is 0 Å². The second-order valence-electron chi connectivity index (χ2n) is 9.62. The van der Waals surface area contributed by atoms with Crippen LogP contribution in [0.1, 0.15) is 44.2 Å². The van der Waals surface area contributed by atoms with Crippen molar-refractivity contribution in [1.82, 2.24) is 24.8 Å². The number of H-pyrrole nitrogens is 1. The highest BCUT2D eigenvalue weighted by Gasteiger charge is 2.48. The van der Waals surface area contributed by atoms with E-state index in [4.69, 9.17) is 27.9 Å². The van der Waals surface area contributed by atoms with Crippen molar-refractivity contribution < 1.29 is 31.8 Å². The van der Waals surface area contributed by atoms with Crippen molar-refractivity contribution in [3.63, 3.8) is 0 Å². The number of phenols is 1. The summed E-state index contributed by atoms with van der Waals surface area (Å²) in [5.74, 6) is -1.35. The Hall–Kier alpha value is -3.53. The van der Waals surface area contributed by atoms with Crippen LogP contribution in [0.15, 0.2) is 44.8 Å². The molecule has 4 N–H and O–H groups in total. The van der Waals surface area contributed by atoms with Gasteiger partial charge in [0.2, 0.25) is 15.9 Å². The van der Waals surface area contributed by atoms with Gasteiger partial charge in [-0.15, -0.1) is 0 Å². The number of carbonyl (C=O) groups is 1. The van der Waals surface area contributed by atoms with E-state index in [2.05, 4.69) is 15.1 Å². The van der Waals surface area contributed by atoms with E-state index in [1.54, 1.807) is 4.98 Å². The Morgan fingerprint density at radius 1 is 1.17 bits per heavy atom. The summed E-state index contributed by atoms with van der Waals surface area (Å²) in [5, 5.41) is 16.1. The topological polar surface area (TPSA) is 172 Å². The highest BCUT2D eigenvalue weighted by Crippen LogP contribution is 2.40. The van der Waals surface area contributed by atoms with Crippen LogP contribution in [-0.2, 0) is 14.8 Å². The number of aromatic nitrogens is 3. The van der Waals surface area contributed by atoms with Crippen molar-refractivity contribution in [1.29, 1.82) is 0 Å². The molecule has 3 aromatic rings. The van der Waals surface area contributed by atoms with Crippen LogP contribution in [0.2, 0.25) is 10.0 Å². The summed E-state index contributed by atoms with van der Waals surface area (Å²) in [4.78, 5) is 37.7. The summed E-state index contributed by atoms with van der Waals surface area (Å²) < 4.78 is 61.3. The van der Waals surface area contributed by atoms with Gasteiger partial charge in [0.25, 0.3) is 12.0 Å². The van der Waals surface area contributed by atoms with Gasteiger partial charge in [0.1, 0.15) is 21.9 Å². The zero-order valence-corrected chi connectivity index (χ0v) is 23.1. The molecule has 0 spiro atoms. The number of sulfonamides is 1. The zero-order chi connectivity index (χ0) is 29.7. The van der Waals surface area contributed by atoms with Crippen molar-refractivity contribution in [3.8, 4) is 22.9 Å². The Morgan fingerprint density at radius 3 is 2.39 bits per heavy atom. The molecule has 17 heteroatoms. The molecule has 0 atom stereocenters. The lowest BCUT2D eigenvalue weighted by Gasteiger charge is -2.40. The van der Waals surface area contributed by atoms with Crippen LogP contribution in [0.5, 0.6) is 17.2 Å². The van der Waals surface area contributed by atoms with Gasteiger partial charge in [-0.25, -0.2) is 22.0 Å². The van der Waals surface area contributed by atoms with Gasteiger partial charge in [-0.2, -0.15) is 14.5 Å². The standard InChI is InChI=1S/C24H21Cl2F2N5O7S/c25-14-8-12(33-23(37)30-21(35)18(31-33)20(27)28)9-15(26)19(14)40-13-4-5-16(34)17(10-13)41(38,39)32-24(6-1-7-24)22(36)29-11-2-3-11/h4-5,8-11,20,32,34H,1-3,6-7H2,(H,29,36)(H,30,35,37). The number of carbonyl (C=O) groups excluding carboxylic acids is 1. The Morgan fingerprint density at radius 2 is 1.83 bits per heavy atom. The van der Waals surface area contributed by atoms with Crippen LogP contribution < -0.4 is 26.0 Å². The summed E-state index contributed by atoms with van der Waals surface area (Å²) in [5.41, 5.74) is -5.18. The molecule has 2 aliphatic rings. The molecule has 0 saturated heterocycles. The molecule has 0 bridgehead atoms. The van der Waals surface area contributed by atoms with Gasteiger partial charge in [-0.05, 0) is 56.4 Å². The maximum absolute atomic E-state index is 13.3. The predicted molar refractivity (Wildman–Crippen MR) is 142 cm³/mol. The Bertz CT molecular complexity index is 1750. The van der Waals surface area contributed by atoms with Crippen LogP contribution in [0, 0.1) is 0 Å². The fraction of sp³-hybridized carbons (Fsp3) is 0.333. The van der Waals surface area contributed by atoms with E-state index < -0.39 is 55.5 Å². The first-order valence-electron chi connectivity index (χ1n) is 12.2. The number of rotatable bonds is 9.